The topological polar surface area (TPSA) is 115 Å². The number of aromatic nitrogens is 1. The molecule has 1 heterocycles. The molecule has 0 saturated carbocycles. The third-order valence-corrected chi connectivity index (χ3v) is 4.15. The van der Waals surface area contributed by atoms with E-state index in [1.807, 2.05) is 24.3 Å². The molecule has 8 heteroatoms. The van der Waals surface area contributed by atoms with Crippen LogP contribution in [0.5, 0.6) is 0 Å². The molecule has 0 aliphatic heterocycles. The summed E-state index contributed by atoms with van der Waals surface area (Å²) in [5, 5.41) is 15.2. The highest BCUT2D eigenvalue weighted by atomic mass is 16.4. The van der Waals surface area contributed by atoms with Crippen molar-refractivity contribution in [3.05, 3.63) is 61.3 Å². The second-order valence-electron chi connectivity index (χ2n) is 6.16. The first-order valence-electron chi connectivity index (χ1n) is 8.78. The fraction of sp³-hybridized carbons (Fsp3) is 0.250. The Morgan fingerprint density at radius 2 is 1.86 bits per heavy atom. The van der Waals surface area contributed by atoms with E-state index in [2.05, 4.69) is 28.8 Å². The number of carboxylic acid groups (broad SMARTS) is 1. The Labute approximate surface area is 162 Å². The molecule has 2 rings (SSSR count). The Morgan fingerprint density at radius 1 is 1.18 bits per heavy atom. The summed E-state index contributed by atoms with van der Waals surface area (Å²) >= 11 is 0. The highest BCUT2D eigenvalue weighted by molar-refractivity contribution is 5.88. The summed E-state index contributed by atoms with van der Waals surface area (Å²) in [5.41, 5.74) is 1.67. The first kappa shape index (κ1) is 20.8. The van der Waals surface area contributed by atoms with Gasteiger partial charge in [-0.2, -0.15) is 0 Å². The van der Waals surface area contributed by atoms with Crippen LogP contribution in [0.15, 0.2) is 55.8 Å². The van der Waals surface area contributed by atoms with E-state index in [1.54, 1.807) is 18.3 Å². The molecule has 0 aliphatic rings. The zero-order valence-corrected chi connectivity index (χ0v) is 15.5. The van der Waals surface area contributed by atoms with Crippen molar-refractivity contribution in [3.8, 4) is 0 Å². The van der Waals surface area contributed by atoms with E-state index in [0.29, 0.717) is 13.1 Å². The van der Waals surface area contributed by atoms with E-state index in [1.165, 1.54) is 4.90 Å². The molecular weight excluding hydrogens is 360 g/mol. The van der Waals surface area contributed by atoms with Crippen molar-refractivity contribution >= 4 is 28.8 Å². The van der Waals surface area contributed by atoms with E-state index in [9.17, 15) is 19.5 Å². The molecular formula is C20H24N4O4. The number of carboxylic acids is 1. The molecule has 0 unspecified atom stereocenters. The van der Waals surface area contributed by atoms with Gasteiger partial charge in [-0.15, -0.1) is 13.2 Å². The van der Waals surface area contributed by atoms with Crippen molar-refractivity contribution in [3.63, 3.8) is 0 Å². The lowest BCUT2D eigenvalue weighted by molar-refractivity contribution is -0.139. The second-order valence-corrected chi connectivity index (χ2v) is 6.16. The number of H-pyrrole nitrogens is 1. The largest absolute Gasteiger partial charge is 0.480 e. The summed E-state index contributed by atoms with van der Waals surface area (Å²) in [6, 6.07) is 5.65. The molecule has 3 amide bonds. The average Bonchev–Trinajstić information content (AvgIpc) is 3.08. The number of aromatic amines is 1. The number of benzene rings is 1. The molecule has 1 aromatic heterocycles. The van der Waals surface area contributed by atoms with Gasteiger partial charge in [-0.25, -0.2) is 9.59 Å². The van der Waals surface area contributed by atoms with Gasteiger partial charge in [0.15, 0.2) is 0 Å². The normalized spacial score (nSPS) is 11.4. The summed E-state index contributed by atoms with van der Waals surface area (Å²) in [5.74, 6) is -1.48. The molecule has 0 radical (unpaired) electrons. The van der Waals surface area contributed by atoms with Crippen LogP contribution in [0.25, 0.3) is 10.9 Å². The Hall–Kier alpha value is -3.55. The van der Waals surface area contributed by atoms with Crippen molar-refractivity contribution in [2.24, 2.45) is 0 Å². The number of carbonyl (C=O) groups is 3. The smallest absolute Gasteiger partial charge is 0.326 e. The molecule has 1 aromatic carbocycles. The number of nitrogens with zero attached hydrogens (tertiary/aromatic N) is 1. The Morgan fingerprint density at radius 3 is 2.50 bits per heavy atom. The average molecular weight is 384 g/mol. The van der Waals surface area contributed by atoms with Gasteiger partial charge in [0.1, 0.15) is 6.04 Å². The number of carbonyl (C=O) groups excluding carboxylic acids is 2. The summed E-state index contributed by atoms with van der Waals surface area (Å²) < 4.78 is 0. The SMILES string of the molecule is C=CCN(CC=C)C(=O)CNC(=O)N[C@H](Cc1c[nH]c2ccccc12)C(=O)O. The van der Waals surface area contributed by atoms with Gasteiger partial charge in [-0.05, 0) is 11.6 Å². The molecule has 0 saturated heterocycles. The van der Waals surface area contributed by atoms with Gasteiger partial charge in [0.05, 0.1) is 6.54 Å². The van der Waals surface area contributed by atoms with Crippen molar-refractivity contribution in [1.29, 1.82) is 0 Å². The number of para-hydroxylation sites is 1. The third-order valence-electron chi connectivity index (χ3n) is 4.15. The van der Waals surface area contributed by atoms with Crippen molar-refractivity contribution in [1.82, 2.24) is 20.5 Å². The maximum absolute atomic E-state index is 12.1. The molecule has 0 aliphatic carbocycles. The van der Waals surface area contributed by atoms with Crippen molar-refractivity contribution < 1.29 is 19.5 Å². The number of hydrogen-bond acceptors (Lipinski definition) is 3. The Balaban J connectivity index is 1.95. The Bertz CT molecular complexity index is 864. The highest BCUT2D eigenvalue weighted by Crippen LogP contribution is 2.19. The van der Waals surface area contributed by atoms with Crippen LogP contribution in [-0.2, 0) is 16.0 Å². The van der Waals surface area contributed by atoms with Crippen LogP contribution in [0.2, 0.25) is 0 Å². The molecule has 0 bridgehead atoms. The van der Waals surface area contributed by atoms with Gasteiger partial charge in [-0.1, -0.05) is 30.4 Å². The van der Waals surface area contributed by atoms with Crippen LogP contribution in [0.4, 0.5) is 4.79 Å². The standard InChI is InChI=1S/C20H24N4O4/c1-3-9-24(10-4-2)18(25)13-22-20(28)23-17(19(26)27)11-14-12-21-16-8-6-5-7-15(14)16/h3-8,12,17,21H,1-2,9-11,13H2,(H,26,27)(H2,22,23,28)/t17-/m1/s1. The zero-order valence-electron chi connectivity index (χ0n) is 15.5. The summed E-state index contributed by atoms with van der Waals surface area (Å²) in [4.78, 5) is 40.3. The van der Waals surface area contributed by atoms with Gasteiger partial charge in [0.25, 0.3) is 0 Å². The van der Waals surface area contributed by atoms with Crippen LogP contribution < -0.4 is 10.6 Å². The number of hydrogen-bond donors (Lipinski definition) is 4. The van der Waals surface area contributed by atoms with Gasteiger partial charge in [0, 0.05) is 36.6 Å². The molecule has 2 aromatic rings. The molecule has 8 nitrogen and oxygen atoms in total. The number of fused-ring (bicyclic) bond motifs is 1. The molecule has 0 spiro atoms. The van der Waals surface area contributed by atoms with Crippen LogP contribution in [-0.4, -0.2) is 58.6 Å². The van der Waals surface area contributed by atoms with E-state index in [4.69, 9.17) is 0 Å². The number of urea groups is 1. The lowest BCUT2D eigenvalue weighted by Gasteiger charge is -2.20. The monoisotopic (exact) mass is 384 g/mol. The minimum atomic E-state index is -1.16. The molecule has 28 heavy (non-hydrogen) atoms. The summed E-state index contributed by atoms with van der Waals surface area (Å²) in [7, 11) is 0. The maximum Gasteiger partial charge on any atom is 0.326 e. The van der Waals surface area contributed by atoms with E-state index < -0.39 is 18.0 Å². The maximum atomic E-state index is 12.1. The van der Waals surface area contributed by atoms with Gasteiger partial charge in [0.2, 0.25) is 5.91 Å². The highest BCUT2D eigenvalue weighted by Gasteiger charge is 2.22. The number of aliphatic carboxylic acids is 1. The van der Waals surface area contributed by atoms with Crippen LogP contribution in [0, 0.1) is 0 Å². The van der Waals surface area contributed by atoms with Crippen molar-refractivity contribution in [2.45, 2.75) is 12.5 Å². The fourth-order valence-corrected chi connectivity index (χ4v) is 2.79. The van der Waals surface area contributed by atoms with Crippen LogP contribution in [0.3, 0.4) is 0 Å². The zero-order chi connectivity index (χ0) is 20.5. The van der Waals surface area contributed by atoms with Crippen molar-refractivity contribution in [2.75, 3.05) is 19.6 Å². The molecule has 0 fully saturated rings. The van der Waals surface area contributed by atoms with E-state index in [0.717, 1.165) is 16.5 Å². The first-order valence-corrected chi connectivity index (χ1v) is 8.78. The predicted molar refractivity (Wildman–Crippen MR) is 107 cm³/mol. The van der Waals surface area contributed by atoms with Gasteiger partial charge in [-0.3, -0.25) is 4.79 Å². The van der Waals surface area contributed by atoms with E-state index in [-0.39, 0.29) is 18.9 Å². The lowest BCUT2D eigenvalue weighted by Crippen LogP contribution is -2.49. The lowest BCUT2D eigenvalue weighted by atomic mass is 10.1. The molecule has 148 valence electrons. The molecule has 1 atom stereocenters. The first-order chi connectivity index (χ1) is 13.5. The van der Waals surface area contributed by atoms with Gasteiger partial charge < -0.3 is 25.6 Å². The quantitative estimate of drug-likeness (QED) is 0.466. The number of amides is 3. The summed E-state index contributed by atoms with van der Waals surface area (Å²) in [6.45, 7) is 7.56. The fourth-order valence-electron chi connectivity index (χ4n) is 2.79. The van der Waals surface area contributed by atoms with Crippen LogP contribution in [0.1, 0.15) is 5.56 Å². The third kappa shape index (κ3) is 5.47. The van der Waals surface area contributed by atoms with Gasteiger partial charge >= 0.3 is 12.0 Å². The number of rotatable bonds is 10. The second kappa shape index (κ2) is 9.96. The number of nitrogens with one attached hydrogen (secondary N) is 3. The summed E-state index contributed by atoms with van der Waals surface area (Å²) in [6.07, 6.45) is 4.98. The minimum absolute atomic E-state index is 0.111. The van der Waals surface area contributed by atoms with E-state index >= 15 is 0 Å². The Kier molecular flexibility index (Phi) is 7.38. The van der Waals surface area contributed by atoms with Crippen LogP contribution >= 0.6 is 0 Å². The minimum Gasteiger partial charge on any atom is -0.480 e. The predicted octanol–water partition coefficient (Wildman–Crippen LogP) is 1.66. The molecule has 4 N–H and O–H groups in total.